The van der Waals surface area contributed by atoms with Crippen molar-refractivity contribution in [3.63, 3.8) is 0 Å². The first kappa shape index (κ1) is 15.8. The summed E-state index contributed by atoms with van der Waals surface area (Å²) in [7, 11) is 0. The molecule has 0 radical (unpaired) electrons. The number of hydrogen-bond acceptors (Lipinski definition) is 3. The molecule has 0 bridgehead atoms. The van der Waals surface area contributed by atoms with E-state index in [9.17, 15) is 4.39 Å². The summed E-state index contributed by atoms with van der Waals surface area (Å²) in [6.07, 6.45) is 0. The van der Waals surface area contributed by atoms with Crippen molar-refractivity contribution in [3.05, 3.63) is 58.4 Å². The first-order valence-corrected chi connectivity index (χ1v) is 7.90. The van der Waals surface area contributed by atoms with Crippen LogP contribution in [0.2, 0.25) is 5.02 Å². The van der Waals surface area contributed by atoms with Crippen molar-refractivity contribution >= 4 is 23.0 Å². The first-order chi connectivity index (χ1) is 10.9. The second kappa shape index (κ2) is 5.85. The molecular formula is C18H18ClFN2O. The molecule has 1 aliphatic rings. The lowest BCUT2D eigenvalue weighted by molar-refractivity contribution is 0.115. The molecule has 0 spiro atoms. The minimum absolute atomic E-state index is 0.362. The third kappa shape index (κ3) is 3.17. The summed E-state index contributed by atoms with van der Waals surface area (Å²) in [6, 6.07) is 10.4. The van der Waals surface area contributed by atoms with Gasteiger partial charge in [0.2, 0.25) is 0 Å². The number of hydrogen-bond donors (Lipinski definition) is 1. The Morgan fingerprint density at radius 1 is 1.17 bits per heavy atom. The molecule has 3 rings (SSSR count). The maximum atomic E-state index is 14.4. The molecule has 0 saturated carbocycles. The molecule has 1 N–H and O–H groups in total. The summed E-state index contributed by atoms with van der Waals surface area (Å²) in [5.41, 5.74) is 1.96. The fourth-order valence-corrected chi connectivity index (χ4v) is 2.78. The van der Waals surface area contributed by atoms with E-state index in [4.69, 9.17) is 16.3 Å². The van der Waals surface area contributed by atoms with E-state index in [1.165, 1.54) is 6.07 Å². The second-order valence-corrected chi connectivity index (χ2v) is 6.31. The minimum Gasteiger partial charge on any atom is -0.466 e. The lowest BCUT2D eigenvalue weighted by Gasteiger charge is -2.30. The van der Waals surface area contributed by atoms with Crippen LogP contribution in [0.15, 0.2) is 41.4 Å². The zero-order valence-corrected chi connectivity index (χ0v) is 14.0. The number of ether oxygens (including phenoxy) is 1. The van der Waals surface area contributed by atoms with Crippen molar-refractivity contribution in [1.82, 2.24) is 0 Å². The molecule has 3 nitrogen and oxygen atoms in total. The van der Waals surface area contributed by atoms with Crippen LogP contribution < -0.4 is 10.1 Å². The van der Waals surface area contributed by atoms with Crippen molar-refractivity contribution in [2.75, 3.05) is 11.9 Å². The van der Waals surface area contributed by atoms with Gasteiger partial charge in [-0.1, -0.05) is 11.6 Å². The maximum Gasteiger partial charge on any atom is 0.195 e. The van der Waals surface area contributed by atoms with Gasteiger partial charge in [0.1, 0.15) is 11.6 Å². The molecule has 1 heterocycles. The van der Waals surface area contributed by atoms with Gasteiger partial charge in [-0.05, 0) is 51.1 Å². The summed E-state index contributed by atoms with van der Waals surface area (Å²) < 4.78 is 20.3. The Morgan fingerprint density at radius 2 is 1.91 bits per heavy atom. The van der Waals surface area contributed by atoms with Gasteiger partial charge in [-0.15, -0.1) is 0 Å². The maximum absolute atomic E-state index is 14.4. The Bertz CT molecular complexity index is 787. The quantitative estimate of drug-likeness (QED) is 0.869. The highest BCUT2D eigenvalue weighted by molar-refractivity contribution is 6.30. The highest BCUT2D eigenvalue weighted by Gasteiger charge is 2.30. The van der Waals surface area contributed by atoms with Crippen LogP contribution in [0.1, 0.15) is 31.9 Å². The summed E-state index contributed by atoms with van der Waals surface area (Å²) in [6.45, 7) is 6.54. The molecule has 0 aromatic heterocycles. The van der Waals surface area contributed by atoms with Gasteiger partial charge in [0.15, 0.2) is 5.72 Å². The SMILES string of the molecule is CCNc1ccc2c(c1)OC(C)(C)N=C2c1ccc(Cl)cc1F. The molecule has 0 unspecified atom stereocenters. The lowest BCUT2D eigenvalue weighted by atomic mass is 9.98. The van der Waals surface area contributed by atoms with E-state index in [1.54, 1.807) is 12.1 Å². The van der Waals surface area contributed by atoms with Crippen LogP contribution in [-0.2, 0) is 0 Å². The van der Waals surface area contributed by atoms with E-state index >= 15 is 0 Å². The van der Waals surface area contributed by atoms with Crippen LogP contribution in [0.4, 0.5) is 10.1 Å². The van der Waals surface area contributed by atoms with Crippen molar-refractivity contribution in [2.24, 2.45) is 4.99 Å². The van der Waals surface area contributed by atoms with Gasteiger partial charge in [-0.3, -0.25) is 0 Å². The van der Waals surface area contributed by atoms with Crippen LogP contribution in [0.3, 0.4) is 0 Å². The van der Waals surface area contributed by atoms with Gasteiger partial charge in [0.05, 0.1) is 5.71 Å². The van der Waals surface area contributed by atoms with Gasteiger partial charge in [-0.2, -0.15) is 0 Å². The fraction of sp³-hybridized carbons (Fsp3) is 0.278. The molecule has 0 saturated heterocycles. The van der Waals surface area contributed by atoms with Crippen LogP contribution >= 0.6 is 11.6 Å². The topological polar surface area (TPSA) is 33.6 Å². The Labute approximate surface area is 140 Å². The largest absolute Gasteiger partial charge is 0.466 e. The number of benzene rings is 2. The average Bonchev–Trinajstić information content (AvgIpc) is 2.45. The van der Waals surface area contributed by atoms with Crippen LogP contribution in [-0.4, -0.2) is 18.0 Å². The van der Waals surface area contributed by atoms with E-state index in [0.29, 0.717) is 22.0 Å². The van der Waals surface area contributed by atoms with Crippen molar-refractivity contribution in [3.8, 4) is 5.75 Å². The highest BCUT2D eigenvalue weighted by Crippen LogP contribution is 2.35. The minimum atomic E-state index is -0.765. The molecule has 2 aromatic rings. The molecule has 2 aromatic carbocycles. The molecule has 0 fully saturated rings. The lowest BCUT2D eigenvalue weighted by Crippen LogP contribution is -2.32. The molecule has 23 heavy (non-hydrogen) atoms. The summed E-state index contributed by atoms with van der Waals surface area (Å²) in [4.78, 5) is 4.58. The predicted molar refractivity (Wildman–Crippen MR) is 92.4 cm³/mol. The number of anilines is 1. The number of rotatable bonds is 3. The first-order valence-electron chi connectivity index (χ1n) is 7.52. The second-order valence-electron chi connectivity index (χ2n) is 5.87. The third-order valence-corrected chi connectivity index (χ3v) is 3.78. The summed E-state index contributed by atoms with van der Waals surface area (Å²) in [5.74, 6) is 0.295. The number of nitrogens with zero attached hydrogens (tertiary/aromatic N) is 1. The molecule has 0 aliphatic carbocycles. The van der Waals surface area contributed by atoms with Gasteiger partial charge >= 0.3 is 0 Å². The van der Waals surface area contributed by atoms with Crippen molar-refractivity contribution in [2.45, 2.75) is 26.5 Å². The van der Waals surface area contributed by atoms with E-state index in [2.05, 4.69) is 10.3 Å². The van der Waals surface area contributed by atoms with Crippen molar-refractivity contribution in [1.29, 1.82) is 0 Å². The predicted octanol–water partition coefficient (Wildman–Crippen LogP) is 4.88. The number of nitrogens with one attached hydrogen (secondary N) is 1. The van der Waals surface area contributed by atoms with E-state index < -0.39 is 11.5 Å². The molecule has 5 heteroatoms. The zero-order chi connectivity index (χ0) is 16.6. The van der Waals surface area contributed by atoms with E-state index in [0.717, 1.165) is 17.8 Å². The van der Waals surface area contributed by atoms with Crippen molar-refractivity contribution < 1.29 is 9.13 Å². The number of halogens is 2. The highest BCUT2D eigenvalue weighted by atomic mass is 35.5. The standard InChI is InChI=1S/C18H18ClFN2O/c1-4-21-12-6-8-14-16(10-12)23-18(2,3)22-17(14)13-7-5-11(19)9-15(13)20/h5-10,21H,4H2,1-3H3. The normalized spacial score (nSPS) is 15.4. The number of aliphatic imine (C=N–C) groups is 1. The third-order valence-electron chi connectivity index (χ3n) is 3.54. The average molecular weight is 333 g/mol. The zero-order valence-electron chi connectivity index (χ0n) is 13.3. The summed E-state index contributed by atoms with van der Waals surface area (Å²) in [5, 5.41) is 3.61. The summed E-state index contributed by atoms with van der Waals surface area (Å²) >= 11 is 5.85. The fourth-order valence-electron chi connectivity index (χ4n) is 2.62. The molecular weight excluding hydrogens is 315 g/mol. The Morgan fingerprint density at radius 3 is 2.61 bits per heavy atom. The molecule has 0 amide bonds. The molecule has 1 aliphatic heterocycles. The Hall–Kier alpha value is -2.07. The monoisotopic (exact) mass is 332 g/mol. The van der Waals surface area contributed by atoms with Gasteiger partial charge in [0, 0.05) is 34.4 Å². The van der Waals surface area contributed by atoms with Gasteiger partial charge in [0.25, 0.3) is 0 Å². The number of fused-ring (bicyclic) bond motifs is 1. The Balaban J connectivity index is 2.15. The molecule has 120 valence electrons. The van der Waals surface area contributed by atoms with Crippen LogP contribution in [0, 0.1) is 5.82 Å². The van der Waals surface area contributed by atoms with Gasteiger partial charge in [-0.25, -0.2) is 9.38 Å². The molecule has 0 atom stereocenters. The van der Waals surface area contributed by atoms with E-state index in [-0.39, 0.29) is 0 Å². The Kier molecular flexibility index (Phi) is 4.02. The van der Waals surface area contributed by atoms with Crippen LogP contribution in [0.25, 0.3) is 0 Å². The van der Waals surface area contributed by atoms with Crippen LogP contribution in [0.5, 0.6) is 5.75 Å². The van der Waals surface area contributed by atoms with Gasteiger partial charge < -0.3 is 10.1 Å². The smallest absolute Gasteiger partial charge is 0.195 e. The van der Waals surface area contributed by atoms with E-state index in [1.807, 2.05) is 39.0 Å².